The fraction of sp³-hybridized carbons (Fsp3) is 0.412. The Labute approximate surface area is 127 Å². The molecule has 1 aromatic carbocycles. The lowest BCUT2D eigenvalue weighted by molar-refractivity contribution is 0.742. The number of benzene rings is 1. The van der Waals surface area contributed by atoms with Gasteiger partial charge in [0.05, 0.1) is 0 Å². The van der Waals surface area contributed by atoms with E-state index in [1.54, 1.807) is 6.33 Å². The smallest absolute Gasteiger partial charge is 0.131 e. The van der Waals surface area contributed by atoms with Gasteiger partial charge in [-0.2, -0.15) is 0 Å². The van der Waals surface area contributed by atoms with Crippen LogP contribution in [0.25, 0.3) is 0 Å². The zero-order chi connectivity index (χ0) is 14.9. The minimum Gasteiger partial charge on any atom is -0.370 e. The fourth-order valence-corrected chi connectivity index (χ4v) is 2.16. The van der Waals surface area contributed by atoms with Crippen LogP contribution in [-0.4, -0.2) is 16.5 Å². The third-order valence-corrected chi connectivity index (χ3v) is 3.31. The second-order valence-electron chi connectivity index (χ2n) is 5.26. The molecule has 2 aromatic rings. The first-order chi connectivity index (χ1) is 10.3. The Bertz CT molecular complexity index is 554. The Kier molecular flexibility index (Phi) is 6.00. The highest BCUT2D eigenvalue weighted by Crippen LogP contribution is 2.11. The molecule has 0 saturated carbocycles. The maximum atomic E-state index is 4.26. The number of hydrogen-bond acceptors (Lipinski definition) is 4. The summed E-state index contributed by atoms with van der Waals surface area (Å²) in [5.74, 6) is 1.73. The number of rotatable bonds is 8. The van der Waals surface area contributed by atoms with Crippen molar-refractivity contribution in [2.75, 3.05) is 17.2 Å². The molecule has 0 saturated heterocycles. The zero-order valence-corrected chi connectivity index (χ0v) is 12.9. The van der Waals surface area contributed by atoms with Crippen molar-refractivity contribution in [1.29, 1.82) is 0 Å². The maximum Gasteiger partial charge on any atom is 0.131 e. The number of anilines is 2. The van der Waals surface area contributed by atoms with Gasteiger partial charge in [-0.3, -0.25) is 0 Å². The first-order valence-corrected chi connectivity index (χ1v) is 7.63. The van der Waals surface area contributed by atoms with Crippen LogP contribution < -0.4 is 10.6 Å². The van der Waals surface area contributed by atoms with Gasteiger partial charge < -0.3 is 10.6 Å². The molecule has 112 valence electrons. The molecular weight excluding hydrogens is 260 g/mol. The number of hydrogen-bond donors (Lipinski definition) is 2. The maximum absolute atomic E-state index is 4.26. The molecule has 0 fully saturated rings. The van der Waals surface area contributed by atoms with Gasteiger partial charge in [-0.15, -0.1) is 0 Å². The van der Waals surface area contributed by atoms with Crippen molar-refractivity contribution < 1.29 is 0 Å². The van der Waals surface area contributed by atoms with Crippen molar-refractivity contribution in [3.63, 3.8) is 0 Å². The first kappa shape index (κ1) is 15.3. The van der Waals surface area contributed by atoms with Gasteiger partial charge in [0.25, 0.3) is 0 Å². The third kappa shape index (κ3) is 5.42. The highest BCUT2D eigenvalue weighted by molar-refractivity contribution is 5.46. The van der Waals surface area contributed by atoms with E-state index in [0.29, 0.717) is 0 Å². The summed E-state index contributed by atoms with van der Waals surface area (Å²) in [6.07, 6.45) is 5.25. The molecule has 0 amide bonds. The van der Waals surface area contributed by atoms with E-state index < -0.39 is 0 Å². The lowest BCUT2D eigenvalue weighted by Crippen LogP contribution is -2.06. The highest BCUT2D eigenvalue weighted by Gasteiger charge is 1.99. The summed E-state index contributed by atoms with van der Waals surface area (Å²) < 4.78 is 0. The number of aryl methyl sites for hydroxylation is 1. The summed E-state index contributed by atoms with van der Waals surface area (Å²) in [5, 5.41) is 6.68. The average molecular weight is 284 g/mol. The van der Waals surface area contributed by atoms with Crippen molar-refractivity contribution in [2.24, 2.45) is 0 Å². The van der Waals surface area contributed by atoms with E-state index in [4.69, 9.17) is 0 Å². The van der Waals surface area contributed by atoms with Crippen LogP contribution in [0.1, 0.15) is 37.3 Å². The molecule has 1 aromatic heterocycles. The molecule has 0 aliphatic rings. The molecule has 0 aliphatic carbocycles. The Balaban J connectivity index is 1.86. The van der Waals surface area contributed by atoms with Crippen LogP contribution in [0.3, 0.4) is 0 Å². The van der Waals surface area contributed by atoms with Gasteiger partial charge in [-0.05, 0) is 18.9 Å². The number of aromatic nitrogens is 2. The number of nitrogens with one attached hydrogen (secondary N) is 2. The molecule has 2 N–H and O–H groups in total. The van der Waals surface area contributed by atoms with Gasteiger partial charge in [-0.1, -0.05) is 49.6 Å². The molecule has 0 unspecified atom stereocenters. The van der Waals surface area contributed by atoms with Gasteiger partial charge in [-0.25, -0.2) is 9.97 Å². The number of nitrogens with zero attached hydrogens (tertiary/aromatic N) is 2. The van der Waals surface area contributed by atoms with Crippen LogP contribution in [0, 0.1) is 6.92 Å². The quantitative estimate of drug-likeness (QED) is 0.719. The standard InChI is InChI=1S/C17H24N4/c1-3-4-5-9-18-16-11-17(21-13-20-16)19-12-15-8-6-7-14(2)10-15/h6-8,10-11,13H,3-5,9,12H2,1-2H3,(H2,18,19,20,21). The van der Waals surface area contributed by atoms with Crippen LogP contribution in [0.15, 0.2) is 36.7 Å². The van der Waals surface area contributed by atoms with E-state index in [2.05, 4.69) is 58.7 Å². The molecule has 21 heavy (non-hydrogen) atoms. The summed E-state index contributed by atoms with van der Waals surface area (Å²) in [5.41, 5.74) is 2.53. The van der Waals surface area contributed by atoms with Crippen molar-refractivity contribution >= 4 is 11.6 Å². The Morgan fingerprint density at radius 1 is 1.00 bits per heavy atom. The Morgan fingerprint density at radius 3 is 2.57 bits per heavy atom. The minimum absolute atomic E-state index is 0.772. The normalized spacial score (nSPS) is 10.4. The Hall–Kier alpha value is -2.10. The predicted octanol–water partition coefficient (Wildman–Crippen LogP) is 4.00. The van der Waals surface area contributed by atoms with Crippen molar-refractivity contribution in [2.45, 2.75) is 39.7 Å². The molecule has 0 aliphatic heterocycles. The molecule has 1 heterocycles. The largest absolute Gasteiger partial charge is 0.370 e. The van der Waals surface area contributed by atoms with Gasteiger partial charge >= 0.3 is 0 Å². The molecule has 4 nitrogen and oxygen atoms in total. The summed E-state index contributed by atoms with van der Waals surface area (Å²) in [6.45, 7) is 6.04. The zero-order valence-electron chi connectivity index (χ0n) is 12.9. The van der Waals surface area contributed by atoms with Crippen LogP contribution in [0.2, 0.25) is 0 Å². The molecule has 0 atom stereocenters. The summed E-state index contributed by atoms with van der Waals surface area (Å²) in [6, 6.07) is 10.4. The topological polar surface area (TPSA) is 49.8 Å². The van der Waals surface area contributed by atoms with Crippen LogP contribution >= 0.6 is 0 Å². The summed E-state index contributed by atoms with van der Waals surface area (Å²) in [4.78, 5) is 8.50. The van der Waals surface area contributed by atoms with Crippen LogP contribution in [0.4, 0.5) is 11.6 Å². The van der Waals surface area contributed by atoms with E-state index >= 15 is 0 Å². The molecule has 0 radical (unpaired) electrons. The van der Waals surface area contributed by atoms with Crippen LogP contribution in [-0.2, 0) is 6.54 Å². The lowest BCUT2D eigenvalue weighted by atomic mass is 10.1. The second-order valence-corrected chi connectivity index (χ2v) is 5.26. The van der Waals surface area contributed by atoms with Crippen molar-refractivity contribution in [1.82, 2.24) is 9.97 Å². The van der Waals surface area contributed by atoms with E-state index in [-0.39, 0.29) is 0 Å². The van der Waals surface area contributed by atoms with E-state index in [1.807, 2.05) is 6.07 Å². The number of unbranched alkanes of at least 4 members (excludes halogenated alkanes) is 2. The molecule has 0 bridgehead atoms. The minimum atomic E-state index is 0.772. The van der Waals surface area contributed by atoms with Crippen LogP contribution in [0.5, 0.6) is 0 Å². The molecule has 0 spiro atoms. The van der Waals surface area contributed by atoms with E-state index in [1.165, 1.54) is 30.4 Å². The second kappa shape index (κ2) is 8.25. The highest BCUT2D eigenvalue weighted by atomic mass is 15.1. The van der Waals surface area contributed by atoms with Crippen molar-refractivity contribution in [3.8, 4) is 0 Å². The Morgan fingerprint density at radius 2 is 1.81 bits per heavy atom. The molecular formula is C17H24N4. The van der Waals surface area contributed by atoms with Gasteiger partial charge in [0.15, 0.2) is 0 Å². The lowest BCUT2D eigenvalue weighted by Gasteiger charge is -2.09. The average Bonchev–Trinajstić information content (AvgIpc) is 2.50. The van der Waals surface area contributed by atoms with Gasteiger partial charge in [0.2, 0.25) is 0 Å². The van der Waals surface area contributed by atoms with Crippen molar-refractivity contribution in [3.05, 3.63) is 47.8 Å². The SMILES string of the molecule is CCCCCNc1cc(NCc2cccc(C)c2)ncn1. The first-order valence-electron chi connectivity index (χ1n) is 7.63. The van der Waals surface area contributed by atoms with E-state index in [9.17, 15) is 0 Å². The third-order valence-electron chi connectivity index (χ3n) is 3.31. The fourth-order valence-electron chi connectivity index (χ4n) is 2.16. The predicted molar refractivity (Wildman–Crippen MR) is 88.6 cm³/mol. The summed E-state index contributed by atoms with van der Waals surface area (Å²) in [7, 11) is 0. The van der Waals surface area contributed by atoms with Gasteiger partial charge in [0, 0.05) is 19.2 Å². The molecule has 4 heteroatoms. The van der Waals surface area contributed by atoms with Gasteiger partial charge in [0.1, 0.15) is 18.0 Å². The molecule has 2 rings (SSSR count). The van der Waals surface area contributed by atoms with E-state index in [0.717, 1.165) is 24.7 Å². The summed E-state index contributed by atoms with van der Waals surface area (Å²) >= 11 is 0. The monoisotopic (exact) mass is 284 g/mol.